The second kappa shape index (κ2) is 24.9. The fourth-order valence-corrected chi connectivity index (χ4v) is 16.0. The first-order valence-electron chi connectivity index (χ1n) is 34.4. The third-order valence-corrected chi connectivity index (χ3v) is 21.7. The van der Waals surface area contributed by atoms with Gasteiger partial charge in [-0.1, -0.05) is 183 Å². The maximum absolute atomic E-state index is 15.7. The molecule has 12 aromatic rings. The zero-order valence-corrected chi connectivity index (χ0v) is 56.3. The van der Waals surface area contributed by atoms with E-state index < -0.39 is 10.8 Å². The molecule has 0 amide bonds. The molecule has 2 unspecified atom stereocenters. The van der Waals surface area contributed by atoms with Gasteiger partial charge in [0.25, 0.3) is 0 Å². The van der Waals surface area contributed by atoms with Gasteiger partial charge in [0, 0.05) is 34.1 Å². The van der Waals surface area contributed by atoms with E-state index in [-0.39, 0.29) is 22.5 Å². The standard InChI is InChI=1S/C90H78F2N2O4/c1-7-87(53-95-54-87)57-97-75-41-31-65(32-42-75)89(83-47-59(3)23-25-61(83)5)81-21-11-9-19-77(81)79-45-39-73(51-85(79)89)93(71-17-13-15-67(91)49-71)69-35-27-63(28-36-69)64-29-37-70(38-30-64)94(72-18-14-16-68(92)50-72)74-40-46-80-78-20-10-12-22-82(78)90(86(80)52-74,84-48-60(4)24-26-62(84)6)66-33-43-76(44-34-66)98-58-88(8-2)55-96-56-88/h9-52H,7-8,53-58H2,1-6H3. The Hall–Kier alpha value is -10.4. The molecule has 2 fully saturated rings. The van der Waals surface area contributed by atoms with Gasteiger partial charge in [0.15, 0.2) is 0 Å². The Morgan fingerprint density at radius 1 is 0.337 bits per heavy atom. The zero-order valence-electron chi connectivity index (χ0n) is 56.3. The van der Waals surface area contributed by atoms with Crippen molar-refractivity contribution in [3.63, 3.8) is 0 Å². The van der Waals surface area contributed by atoms with Crippen molar-refractivity contribution in [3.05, 3.63) is 345 Å². The third kappa shape index (κ3) is 10.5. The molecule has 0 aromatic heterocycles. The summed E-state index contributed by atoms with van der Waals surface area (Å²) in [5, 5.41) is 0. The largest absolute Gasteiger partial charge is 0.493 e. The Bertz CT molecular complexity index is 4670. The molecule has 2 aliphatic carbocycles. The SMILES string of the molecule is CCC1(COc2ccc(C3(c4cc(C)ccc4C)c4ccccc4-c4ccc(N(c5ccc(-c6ccc(N(c7cccc(F)c7)c7ccc8c(c7)C(c7ccc(OCC9(CC)COC9)cc7)(c7cc(C)ccc7C)c7ccccc7-8)cc6)cc5)c5cccc(F)c5)cc43)cc2)COC1. The number of nitrogens with zero attached hydrogens (tertiary/aromatic N) is 2. The molecule has 2 atom stereocenters. The molecule has 4 aliphatic rings. The maximum atomic E-state index is 15.7. The fourth-order valence-electron chi connectivity index (χ4n) is 16.0. The van der Waals surface area contributed by atoms with E-state index in [1.54, 1.807) is 24.3 Å². The smallest absolute Gasteiger partial charge is 0.125 e. The molecule has 0 radical (unpaired) electrons. The van der Waals surface area contributed by atoms with Gasteiger partial charge in [-0.2, -0.15) is 0 Å². The lowest BCUT2D eigenvalue weighted by Gasteiger charge is -2.40. The molecule has 0 bridgehead atoms. The summed E-state index contributed by atoms with van der Waals surface area (Å²) < 4.78 is 55.8. The van der Waals surface area contributed by atoms with E-state index in [9.17, 15) is 0 Å². The second-order valence-electron chi connectivity index (χ2n) is 27.7. The van der Waals surface area contributed by atoms with Crippen LogP contribution in [0.1, 0.15) is 93.5 Å². The average molecular weight is 1290 g/mol. The lowest BCUT2D eigenvalue weighted by Crippen LogP contribution is -2.46. The number of aryl methyl sites for hydroxylation is 4. The van der Waals surface area contributed by atoms with Crippen molar-refractivity contribution in [3.8, 4) is 44.9 Å². The van der Waals surface area contributed by atoms with Crippen LogP contribution >= 0.6 is 0 Å². The topological polar surface area (TPSA) is 43.4 Å². The van der Waals surface area contributed by atoms with Gasteiger partial charge in [-0.15, -0.1) is 0 Å². The molecule has 0 N–H and O–H groups in total. The van der Waals surface area contributed by atoms with Gasteiger partial charge in [0.2, 0.25) is 0 Å². The summed E-state index contributed by atoms with van der Waals surface area (Å²) in [6.07, 6.45) is 2.00. The van der Waals surface area contributed by atoms with Gasteiger partial charge in [-0.25, -0.2) is 8.78 Å². The molecule has 2 heterocycles. The molecule has 2 aliphatic heterocycles. The van der Waals surface area contributed by atoms with Gasteiger partial charge in [-0.05, 0) is 239 Å². The number of fused-ring (bicyclic) bond motifs is 6. The molecule has 6 nitrogen and oxygen atoms in total. The summed E-state index contributed by atoms with van der Waals surface area (Å²) in [6.45, 7) is 17.3. The van der Waals surface area contributed by atoms with Gasteiger partial charge in [-0.3, -0.25) is 0 Å². The molecule has 16 rings (SSSR count). The van der Waals surface area contributed by atoms with Crippen molar-refractivity contribution in [1.29, 1.82) is 0 Å². The minimum Gasteiger partial charge on any atom is -0.493 e. The maximum Gasteiger partial charge on any atom is 0.125 e. The summed E-state index contributed by atoms with van der Waals surface area (Å²) >= 11 is 0. The van der Waals surface area contributed by atoms with Crippen LogP contribution in [-0.2, 0) is 20.3 Å². The average Bonchev–Trinajstić information content (AvgIpc) is 1.53. The first kappa shape index (κ1) is 62.4. The van der Waals surface area contributed by atoms with Gasteiger partial charge < -0.3 is 28.7 Å². The molecule has 8 heteroatoms. The monoisotopic (exact) mass is 1290 g/mol. The highest BCUT2D eigenvalue weighted by atomic mass is 19.1. The normalized spacial score (nSPS) is 17.3. The quantitative estimate of drug-likeness (QED) is 0.0804. The van der Waals surface area contributed by atoms with Crippen LogP contribution < -0.4 is 19.3 Å². The molecule has 2 saturated heterocycles. The van der Waals surface area contributed by atoms with Crippen LogP contribution in [0.5, 0.6) is 11.5 Å². The highest BCUT2D eigenvalue weighted by Gasteiger charge is 2.49. The van der Waals surface area contributed by atoms with Crippen LogP contribution in [-0.4, -0.2) is 39.6 Å². The highest BCUT2D eigenvalue weighted by molar-refractivity contribution is 5.92. The predicted molar refractivity (Wildman–Crippen MR) is 393 cm³/mol. The highest BCUT2D eigenvalue weighted by Crippen LogP contribution is 2.60. The molecular formula is C90H78F2N2O4. The number of hydrogen-bond acceptors (Lipinski definition) is 6. The Kier molecular flexibility index (Phi) is 15.9. The van der Waals surface area contributed by atoms with E-state index in [1.807, 2.05) is 12.1 Å². The van der Waals surface area contributed by atoms with Crippen LogP contribution in [0.3, 0.4) is 0 Å². The summed E-state index contributed by atoms with van der Waals surface area (Å²) in [6, 6.07) is 93.0. The van der Waals surface area contributed by atoms with Gasteiger partial charge >= 0.3 is 0 Å². The van der Waals surface area contributed by atoms with Crippen molar-refractivity contribution in [1.82, 2.24) is 0 Å². The van der Waals surface area contributed by atoms with E-state index in [4.69, 9.17) is 18.9 Å². The van der Waals surface area contributed by atoms with Gasteiger partial charge in [0.05, 0.1) is 61.3 Å². The molecule has 0 spiro atoms. The molecule has 486 valence electrons. The van der Waals surface area contributed by atoms with E-state index in [0.717, 1.165) is 118 Å². The van der Waals surface area contributed by atoms with E-state index >= 15 is 8.78 Å². The van der Waals surface area contributed by atoms with E-state index in [1.165, 1.54) is 67.8 Å². The molecular weight excluding hydrogens is 1210 g/mol. The number of halogens is 2. The lowest BCUT2D eigenvalue weighted by atomic mass is 9.66. The third-order valence-electron chi connectivity index (χ3n) is 21.7. The number of hydrogen-bond donors (Lipinski definition) is 0. The minimum absolute atomic E-state index is 0.0432. The van der Waals surface area contributed by atoms with Crippen LogP contribution in [0.15, 0.2) is 267 Å². The second-order valence-corrected chi connectivity index (χ2v) is 27.7. The number of anilines is 6. The summed E-state index contributed by atoms with van der Waals surface area (Å²) in [5.74, 6) is 1.01. The summed E-state index contributed by atoms with van der Waals surface area (Å²) in [4.78, 5) is 4.33. The van der Waals surface area contributed by atoms with Crippen molar-refractivity contribution >= 4 is 34.1 Å². The fraction of sp³-hybridized carbons (Fsp3) is 0.200. The number of rotatable bonds is 19. The summed E-state index contributed by atoms with van der Waals surface area (Å²) in [5.41, 5.74) is 24.3. The number of ether oxygens (including phenoxy) is 4. The van der Waals surface area contributed by atoms with E-state index in [0.29, 0.717) is 24.6 Å². The number of benzene rings is 12. The Morgan fingerprint density at radius 3 is 1.07 bits per heavy atom. The molecule has 12 aromatic carbocycles. The van der Waals surface area contributed by atoms with Crippen molar-refractivity contribution in [2.24, 2.45) is 10.8 Å². The van der Waals surface area contributed by atoms with Crippen LogP contribution in [0.2, 0.25) is 0 Å². The lowest BCUT2D eigenvalue weighted by molar-refractivity contribution is -0.133. The van der Waals surface area contributed by atoms with Crippen LogP contribution in [0.25, 0.3) is 33.4 Å². The first-order chi connectivity index (χ1) is 47.8. The van der Waals surface area contributed by atoms with Crippen LogP contribution in [0, 0.1) is 50.2 Å². The Balaban J connectivity index is 0.770. The zero-order chi connectivity index (χ0) is 66.9. The Morgan fingerprint density at radius 2 is 0.704 bits per heavy atom. The minimum atomic E-state index is -0.721. The first-order valence-corrected chi connectivity index (χ1v) is 34.4. The van der Waals surface area contributed by atoms with E-state index in [2.05, 4.69) is 270 Å². The van der Waals surface area contributed by atoms with Crippen molar-refractivity contribution in [2.75, 3.05) is 49.4 Å². The molecule has 0 saturated carbocycles. The van der Waals surface area contributed by atoms with Crippen molar-refractivity contribution < 1.29 is 27.7 Å². The molecule has 98 heavy (non-hydrogen) atoms. The Labute approximate surface area is 574 Å². The predicted octanol–water partition coefficient (Wildman–Crippen LogP) is 22.1. The van der Waals surface area contributed by atoms with Crippen LogP contribution in [0.4, 0.5) is 42.9 Å². The van der Waals surface area contributed by atoms with Gasteiger partial charge in [0.1, 0.15) is 23.1 Å². The summed E-state index contributed by atoms with van der Waals surface area (Å²) in [7, 11) is 0. The van der Waals surface area contributed by atoms with Crippen molar-refractivity contribution in [2.45, 2.75) is 65.2 Å².